The summed E-state index contributed by atoms with van der Waals surface area (Å²) in [4.78, 5) is 0. The molecule has 0 aromatic heterocycles. The fraction of sp³-hybridized carbons (Fsp3) is 0.500. The number of benzene rings is 1. The van der Waals surface area contributed by atoms with Crippen molar-refractivity contribution in [2.45, 2.75) is 32.4 Å². The zero-order valence-corrected chi connectivity index (χ0v) is 8.01. The lowest BCUT2D eigenvalue weighted by Gasteiger charge is -2.02. The van der Waals surface area contributed by atoms with Gasteiger partial charge >= 0.3 is 0 Å². The van der Waals surface area contributed by atoms with Crippen LogP contribution in [-0.2, 0) is 13.1 Å². The van der Waals surface area contributed by atoms with Crippen LogP contribution in [-0.4, -0.2) is 0 Å². The number of nitrogens with one attached hydrogen (secondary N) is 1. The maximum absolute atomic E-state index is 3.39. The molecule has 1 saturated carbocycles. The minimum absolute atomic E-state index is 0.867. The van der Waals surface area contributed by atoms with Crippen molar-refractivity contribution in [1.82, 2.24) is 5.32 Å². The number of hydrogen-bond donors (Lipinski definition) is 1. The summed E-state index contributed by atoms with van der Waals surface area (Å²) in [5.74, 6) is 1.79. The zero-order valence-electron chi connectivity index (χ0n) is 8.01. The molecule has 1 N–H and O–H groups in total. The second-order valence-electron chi connectivity index (χ2n) is 4.45. The quantitative estimate of drug-likeness (QED) is 0.687. The van der Waals surface area contributed by atoms with Crippen LogP contribution < -0.4 is 5.32 Å². The van der Waals surface area contributed by atoms with Gasteiger partial charge in [0.15, 0.2) is 0 Å². The van der Waals surface area contributed by atoms with Crippen LogP contribution in [0.25, 0.3) is 0 Å². The molecule has 2 atom stereocenters. The average molecular weight is 173 g/mol. The number of hydrogen-bond acceptors (Lipinski definition) is 1. The van der Waals surface area contributed by atoms with Gasteiger partial charge in [-0.3, -0.25) is 0 Å². The standard InChI is InChI=1S/C12H15N/c1-8-4-12(8)9-2-3-10-6-13-7-11(10)5-9/h2-3,5,8,12-13H,4,6-7H2,1H3. The van der Waals surface area contributed by atoms with E-state index in [2.05, 4.69) is 30.4 Å². The van der Waals surface area contributed by atoms with Gasteiger partial charge in [-0.05, 0) is 34.9 Å². The molecule has 1 aliphatic carbocycles. The van der Waals surface area contributed by atoms with E-state index in [0.29, 0.717) is 0 Å². The van der Waals surface area contributed by atoms with Gasteiger partial charge in [-0.15, -0.1) is 0 Å². The molecule has 13 heavy (non-hydrogen) atoms. The van der Waals surface area contributed by atoms with E-state index in [1.165, 1.54) is 17.5 Å². The van der Waals surface area contributed by atoms with E-state index in [1.807, 2.05) is 0 Å². The summed E-state index contributed by atoms with van der Waals surface area (Å²) in [6.45, 7) is 4.48. The summed E-state index contributed by atoms with van der Waals surface area (Å²) in [7, 11) is 0. The molecule has 1 aliphatic heterocycles. The van der Waals surface area contributed by atoms with Crippen LogP contribution in [0, 0.1) is 5.92 Å². The molecule has 2 aliphatic rings. The molecule has 68 valence electrons. The SMILES string of the molecule is CC1CC1c1ccc2c(c1)CNC2. The predicted molar refractivity (Wildman–Crippen MR) is 53.5 cm³/mol. The molecule has 0 saturated heterocycles. The van der Waals surface area contributed by atoms with Crippen LogP contribution in [0.5, 0.6) is 0 Å². The summed E-state index contributed by atoms with van der Waals surface area (Å²) >= 11 is 0. The molecule has 1 aromatic carbocycles. The minimum atomic E-state index is 0.867. The molecule has 0 spiro atoms. The van der Waals surface area contributed by atoms with Crippen molar-refractivity contribution in [3.63, 3.8) is 0 Å². The highest BCUT2D eigenvalue weighted by molar-refractivity contribution is 5.37. The Labute approximate surface area is 79.2 Å². The Kier molecular flexibility index (Phi) is 1.50. The third kappa shape index (κ3) is 1.19. The monoisotopic (exact) mass is 173 g/mol. The third-order valence-corrected chi connectivity index (χ3v) is 3.40. The highest BCUT2D eigenvalue weighted by atomic mass is 14.9. The number of fused-ring (bicyclic) bond motifs is 1. The lowest BCUT2D eigenvalue weighted by Crippen LogP contribution is -1.99. The molecule has 3 rings (SSSR count). The first-order valence-electron chi connectivity index (χ1n) is 5.17. The molecule has 0 amide bonds. The maximum atomic E-state index is 3.39. The Balaban J connectivity index is 1.96. The molecular weight excluding hydrogens is 158 g/mol. The van der Waals surface area contributed by atoms with Gasteiger partial charge < -0.3 is 5.32 Å². The van der Waals surface area contributed by atoms with Crippen LogP contribution in [0.2, 0.25) is 0 Å². The van der Waals surface area contributed by atoms with Gasteiger partial charge in [0.25, 0.3) is 0 Å². The van der Waals surface area contributed by atoms with E-state index in [4.69, 9.17) is 0 Å². The summed E-state index contributed by atoms with van der Waals surface area (Å²) < 4.78 is 0. The van der Waals surface area contributed by atoms with Crippen molar-refractivity contribution in [2.75, 3.05) is 0 Å². The van der Waals surface area contributed by atoms with Crippen LogP contribution in [0.15, 0.2) is 18.2 Å². The van der Waals surface area contributed by atoms with Crippen molar-refractivity contribution in [3.8, 4) is 0 Å². The highest BCUT2D eigenvalue weighted by Gasteiger charge is 2.34. The lowest BCUT2D eigenvalue weighted by molar-refractivity contribution is 0.764. The van der Waals surface area contributed by atoms with Crippen LogP contribution >= 0.6 is 0 Å². The first kappa shape index (κ1) is 7.57. The Hall–Kier alpha value is -0.820. The van der Waals surface area contributed by atoms with Gasteiger partial charge in [0.05, 0.1) is 0 Å². The molecule has 1 nitrogen and oxygen atoms in total. The van der Waals surface area contributed by atoms with E-state index in [1.54, 1.807) is 5.56 Å². The van der Waals surface area contributed by atoms with Gasteiger partial charge in [-0.2, -0.15) is 0 Å². The Bertz CT molecular complexity index is 343. The van der Waals surface area contributed by atoms with E-state index in [-0.39, 0.29) is 0 Å². The van der Waals surface area contributed by atoms with Gasteiger partial charge in [0.2, 0.25) is 0 Å². The molecule has 0 bridgehead atoms. The van der Waals surface area contributed by atoms with Crippen molar-refractivity contribution in [3.05, 3.63) is 34.9 Å². The van der Waals surface area contributed by atoms with Gasteiger partial charge in [0, 0.05) is 13.1 Å². The molecule has 1 heterocycles. The molecule has 1 fully saturated rings. The summed E-state index contributed by atoms with van der Waals surface area (Å²) in [5.41, 5.74) is 4.59. The lowest BCUT2D eigenvalue weighted by atomic mass is 10.0. The van der Waals surface area contributed by atoms with Crippen molar-refractivity contribution in [2.24, 2.45) is 5.92 Å². The second kappa shape index (κ2) is 2.58. The third-order valence-electron chi connectivity index (χ3n) is 3.40. The average Bonchev–Trinajstić information content (AvgIpc) is 2.70. The molecule has 1 aromatic rings. The summed E-state index contributed by atoms with van der Waals surface area (Å²) in [5, 5.41) is 3.39. The minimum Gasteiger partial charge on any atom is -0.309 e. The predicted octanol–water partition coefficient (Wildman–Crippen LogP) is 2.41. The molecule has 1 heteroatoms. The fourth-order valence-corrected chi connectivity index (χ4v) is 2.33. The first-order chi connectivity index (χ1) is 6.34. The van der Waals surface area contributed by atoms with Gasteiger partial charge in [-0.25, -0.2) is 0 Å². The topological polar surface area (TPSA) is 12.0 Å². The highest BCUT2D eigenvalue weighted by Crippen LogP contribution is 2.47. The van der Waals surface area contributed by atoms with Gasteiger partial charge in [0.1, 0.15) is 0 Å². The van der Waals surface area contributed by atoms with Crippen LogP contribution in [0.4, 0.5) is 0 Å². The maximum Gasteiger partial charge on any atom is 0.0212 e. The molecule has 0 radical (unpaired) electrons. The van der Waals surface area contributed by atoms with Crippen molar-refractivity contribution >= 4 is 0 Å². The summed E-state index contributed by atoms with van der Waals surface area (Å²) in [6.07, 6.45) is 1.40. The van der Waals surface area contributed by atoms with E-state index in [9.17, 15) is 0 Å². The molecule has 2 unspecified atom stereocenters. The van der Waals surface area contributed by atoms with Crippen LogP contribution in [0.1, 0.15) is 36.0 Å². The Morgan fingerprint density at radius 2 is 2.00 bits per heavy atom. The van der Waals surface area contributed by atoms with E-state index in [0.717, 1.165) is 24.9 Å². The zero-order chi connectivity index (χ0) is 8.84. The van der Waals surface area contributed by atoms with Gasteiger partial charge in [-0.1, -0.05) is 25.1 Å². The van der Waals surface area contributed by atoms with Crippen molar-refractivity contribution in [1.29, 1.82) is 0 Å². The second-order valence-corrected chi connectivity index (χ2v) is 4.45. The van der Waals surface area contributed by atoms with Crippen molar-refractivity contribution < 1.29 is 0 Å². The van der Waals surface area contributed by atoms with Crippen LogP contribution in [0.3, 0.4) is 0 Å². The Morgan fingerprint density at radius 1 is 1.23 bits per heavy atom. The molecular formula is C12H15N. The first-order valence-corrected chi connectivity index (χ1v) is 5.17. The number of rotatable bonds is 1. The normalized spacial score (nSPS) is 30.2. The Morgan fingerprint density at radius 3 is 2.77 bits per heavy atom. The van der Waals surface area contributed by atoms with E-state index < -0.39 is 0 Å². The van der Waals surface area contributed by atoms with E-state index >= 15 is 0 Å². The smallest absolute Gasteiger partial charge is 0.0212 e. The fourth-order valence-electron chi connectivity index (χ4n) is 2.33. The largest absolute Gasteiger partial charge is 0.309 e. The summed E-state index contributed by atoms with van der Waals surface area (Å²) in [6, 6.07) is 7.03.